The number of rotatable bonds is 2. The van der Waals surface area contributed by atoms with Gasteiger partial charge >= 0.3 is 0 Å². The molecule has 0 unspecified atom stereocenters. The summed E-state index contributed by atoms with van der Waals surface area (Å²) >= 11 is 5.95. The molecular weight excluding hydrogens is 352 g/mol. The van der Waals surface area contributed by atoms with E-state index < -0.39 is 17.0 Å². The number of nitrogens with one attached hydrogen (secondary N) is 1. The van der Waals surface area contributed by atoms with Gasteiger partial charge in [0.15, 0.2) is 5.78 Å². The number of ketones is 1. The van der Waals surface area contributed by atoms with Gasteiger partial charge in [-0.2, -0.15) is 0 Å². The van der Waals surface area contributed by atoms with Crippen LogP contribution in [0.15, 0.2) is 35.1 Å². The first-order chi connectivity index (χ1) is 12.2. The molecule has 26 heavy (non-hydrogen) atoms. The molecule has 0 spiro atoms. The summed E-state index contributed by atoms with van der Waals surface area (Å²) in [4.78, 5) is 38.2. The lowest BCUT2D eigenvalue weighted by atomic mass is 9.92. The molecule has 0 fully saturated rings. The molecule has 1 aromatic carbocycles. The molecule has 1 aliphatic rings. The Morgan fingerprint density at radius 2 is 1.77 bits per heavy atom. The summed E-state index contributed by atoms with van der Waals surface area (Å²) in [6, 6.07) is 8.25. The maximum Gasteiger partial charge on any atom is 0.268 e. The third-order valence-corrected chi connectivity index (χ3v) is 4.49. The van der Waals surface area contributed by atoms with Crippen molar-refractivity contribution in [1.82, 2.24) is 9.88 Å². The molecule has 1 aliphatic carbocycles. The molecular formula is C20H21ClN2O3. The predicted octanol–water partition coefficient (Wildman–Crippen LogP) is 3.54. The zero-order valence-corrected chi connectivity index (χ0v) is 15.8. The van der Waals surface area contributed by atoms with Gasteiger partial charge in [-0.25, -0.2) is 0 Å². The zero-order valence-electron chi connectivity index (χ0n) is 15.1. The van der Waals surface area contributed by atoms with Crippen molar-refractivity contribution < 1.29 is 9.59 Å². The molecule has 3 rings (SSSR count). The van der Waals surface area contributed by atoms with Gasteiger partial charge in [0.1, 0.15) is 5.56 Å². The fraction of sp³-hybridized carbons (Fsp3) is 0.350. The molecule has 6 heteroatoms. The molecule has 2 aromatic rings. The molecule has 0 saturated heterocycles. The molecule has 1 amide bonds. The van der Waals surface area contributed by atoms with Crippen LogP contribution >= 0.6 is 11.6 Å². The third kappa shape index (κ3) is 3.58. The van der Waals surface area contributed by atoms with Crippen molar-refractivity contribution in [2.24, 2.45) is 0 Å². The number of fused-ring (bicyclic) bond motifs is 1. The highest BCUT2D eigenvalue weighted by atomic mass is 35.5. The quantitative estimate of drug-likeness (QED) is 0.876. The minimum atomic E-state index is -0.492. The minimum Gasteiger partial charge on any atom is -0.347 e. The Balaban J connectivity index is 2.25. The highest BCUT2D eigenvalue weighted by Crippen LogP contribution is 2.24. The van der Waals surface area contributed by atoms with Crippen LogP contribution in [0.2, 0.25) is 5.02 Å². The van der Waals surface area contributed by atoms with Crippen LogP contribution in [0.3, 0.4) is 0 Å². The maximum atomic E-state index is 13.1. The SMILES string of the molecule is CC(C)(C)NC(=O)c1cc2c(n(-c3ccc(Cl)cc3)c1=O)CCCC2=O. The maximum absolute atomic E-state index is 13.1. The summed E-state index contributed by atoms with van der Waals surface area (Å²) in [5, 5.41) is 3.35. The van der Waals surface area contributed by atoms with Crippen molar-refractivity contribution >= 4 is 23.3 Å². The second-order valence-corrected chi connectivity index (χ2v) is 7.95. The summed E-state index contributed by atoms with van der Waals surface area (Å²) < 4.78 is 1.47. The lowest BCUT2D eigenvalue weighted by molar-refractivity contribution is 0.0917. The number of amides is 1. The van der Waals surface area contributed by atoms with Gasteiger partial charge in [-0.1, -0.05) is 11.6 Å². The summed E-state index contributed by atoms with van der Waals surface area (Å²) in [5.41, 5.74) is 0.752. The fourth-order valence-corrected chi connectivity index (χ4v) is 3.25. The van der Waals surface area contributed by atoms with Crippen LogP contribution in [0.5, 0.6) is 0 Å². The van der Waals surface area contributed by atoms with Crippen molar-refractivity contribution in [2.75, 3.05) is 0 Å². The van der Waals surface area contributed by atoms with Gasteiger partial charge in [-0.3, -0.25) is 19.0 Å². The number of aromatic nitrogens is 1. The molecule has 0 saturated carbocycles. The van der Waals surface area contributed by atoms with Crippen molar-refractivity contribution in [1.29, 1.82) is 0 Å². The van der Waals surface area contributed by atoms with E-state index in [1.54, 1.807) is 24.3 Å². The molecule has 1 heterocycles. The smallest absolute Gasteiger partial charge is 0.268 e. The number of halogens is 1. The lowest BCUT2D eigenvalue weighted by Gasteiger charge is -2.24. The van der Waals surface area contributed by atoms with Gasteiger partial charge in [0.2, 0.25) is 0 Å². The first kappa shape index (κ1) is 18.4. The van der Waals surface area contributed by atoms with Crippen LogP contribution in [-0.4, -0.2) is 21.8 Å². The first-order valence-corrected chi connectivity index (χ1v) is 8.96. The number of benzene rings is 1. The molecule has 0 aliphatic heterocycles. The average molecular weight is 373 g/mol. The van der Waals surface area contributed by atoms with Gasteiger partial charge in [0.25, 0.3) is 11.5 Å². The van der Waals surface area contributed by atoms with Crippen LogP contribution in [0, 0.1) is 0 Å². The van der Waals surface area contributed by atoms with E-state index in [0.29, 0.717) is 41.2 Å². The van der Waals surface area contributed by atoms with Crippen molar-refractivity contribution in [3.8, 4) is 5.69 Å². The van der Waals surface area contributed by atoms with Gasteiger partial charge < -0.3 is 5.32 Å². The Morgan fingerprint density at radius 3 is 2.38 bits per heavy atom. The van der Waals surface area contributed by atoms with Crippen molar-refractivity contribution in [3.63, 3.8) is 0 Å². The molecule has 0 radical (unpaired) electrons. The highest BCUT2D eigenvalue weighted by molar-refractivity contribution is 6.30. The first-order valence-electron chi connectivity index (χ1n) is 8.58. The van der Waals surface area contributed by atoms with Crippen molar-refractivity contribution in [2.45, 2.75) is 45.6 Å². The Morgan fingerprint density at radius 1 is 1.12 bits per heavy atom. The van der Waals surface area contributed by atoms with Crippen LogP contribution in [0.25, 0.3) is 5.69 Å². The number of Topliss-reactive ketones (excluding diaryl/α,β-unsaturated/α-hetero) is 1. The number of carbonyl (C=O) groups is 2. The highest BCUT2D eigenvalue weighted by Gasteiger charge is 2.27. The molecule has 1 N–H and O–H groups in total. The Kier molecular flexibility index (Phi) is 4.76. The van der Waals surface area contributed by atoms with Gasteiger partial charge in [-0.15, -0.1) is 0 Å². The topological polar surface area (TPSA) is 68.2 Å². The lowest BCUT2D eigenvalue weighted by Crippen LogP contribution is -2.44. The molecule has 1 aromatic heterocycles. The molecule has 136 valence electrons. The van der Waals surface area contributed by atoms with Crippen LogP contribution in [-0.2, 0) is 6.42 Å². The normalized spacial score (nSPS) is 14.1. The number of pyridine rings is 1. The Bertz CT molecular complexity index is 937. The molecule has 0 atom stereocenters. The second kappa shape index (κ2) is 6.72. The van der Waals surface area contributed by atoms with Gasteiger partial charge in [0.05, 0.1) is 0 Å². The van der Waals surface area contributed by atoms with E-state index in [4.69, 9.17) is 11.6 Å². The molecule has 0 bridgehead atoms. The van der Waals surface area contributed by atoms with E-state index in [9.17, 15) is 14.4 Å². The standard InChI is InChI=1S/C20H21ClN2O3/c1-20(2,3)22-18(25)15-11-14-16(5-4-6-17(14)24)23(19(15)26)13-9-7-12(21)8-10-13/h7-11H,4-6H2,1-3H3,(H,22,25). The van der Waals surface area contributed by atoms with E-state index >= 15 is 0 Å². The number of nitrogens with zero attached hydrogens (tertiary/aromatic N) is 1. The van der Waals surface area contributed by atoms with Crippen LogP contribution in [0.1, 0.15) is 60.0 Å². The predicted molar refractivity (Wildman–Crippen MR) is 102 cm³/mol. The summed E-state index contributed by atoms with van der Waals surface area (Å²) in [7, 11) is 0. The van der Waals surface area contributed by atoms with E-state index in [0.717, 1.165) is 0 Å². The van der Waals surface area contributed by atoms with E-state index in [1.807, 2.05) is 20.8 Å². The van der Waals surface area contributed by atoms with Crippen LogP contribution < -0.4 is 10.9 Å². The fourth-order valence-electron chi connectivity index (χ4n) is 3.13. The zero-order chi connectivity index (χ0) is 19.1. The average Bonchev–Trinajstić information content (AvgIpc) is 2.54. The summed E-state index contributed by atoms with van der Waals surface area (Å²) in [6.07, 6.45) is 1.72. The Labute approximate surface area is 157 Å². The molecule has 5 nitrogen and oxygen atoms in total. The number of hydrogen-bond donors (Lipinski definition) is 1. The second-order valence-electron chi connectivity index (χ2n) is 7.52. The third-order valence-electron chi connectivity index (χ3n) is 4.24. The number of carbonyl (C=O) groups excluding carboxylic acids is 2. The van der Waals surface area contributed by atoms with E-state index in [2.05, 4.69) is 5.32 Å². The van der Waals surface area contributed by atoms with Gasteiger partial charge in [0, 0.05) is 33.9 Å². The van der Waals surface area contributed by atoms with E-state index in [1.165, 1.54) is 10.6 Å². The summed E-state index contributed by atoms with van der Waals surface area (Å²) in [5.74, 6) is -0.523. The monoisotopic (exact) mass is 372 g/mol. The van der Waals surface area contributed by atoms with Crippen LogP contribution in [0.4, 0.5) is 0 Å². The minimum absolute atomic E-state index is 0.0242. The Hall–Kier alpha value is -2.40. The summed E-state index contributed by atoms with van der Waals surface area (Å²) in [6.45, 7) is 5.52. The van der Waals surface area contributed by atoms with Crippen molar-refractivity contribution in [3.05, 3.63) is 62.5 Å². The largest absolute Gasteiger partial charge is 0.347 e. The number of hydrogen-bond acceptors (Lipinski definition) is 3. The van der Waals surface area contributed by atoms with E-state index in [-0.39, 0.29) is 11.3 Å². The van der Waals surface area contributed by atoms with Gasteiger partial charge in [-0.05, 0) is 63.9 Å².